The molecule has 1 atom stereocenters. The van der Waals surface area contributed by atoms with Gasteiger partial charge in [-0.25, -0.2) is 13.1 Å². The van der Waals surface area contributed by atoms with Crippen LogP contribution in [0.3, 0.4) is 0 Å². The van der Waals surface area contributed by atoms with Crippen molar-refractivity contribution < 1.29 is 8.42 Å². The van der Waals surface area contributed by atoms with Gasteiger partial charge < -0.3 is 5.32 Å². The number of hydrogen-bond acceptors (Lipinski definition) is 5. The van der Waals surface area contributed by atoms with E-state index in [9.17, 15) is 8.42 Å². The van der Waals surface area contributed by atoms with Gasteiger partial charge in [-0.05, 0) is 54.3 Å². The summed E-state index contributed by atoms with van der Waals surface area (Å²) < 4.78 is 27.9. The van der Waals surface area contributed by atoms with Crippen LogP contribution in [-0.4, -0.2) is 14.5 Å². The number of hydrogen-bond donors (Lipinski definition) is 2. The molecular formula is C14H18N2O2S3. The van der Waals surface area contributed by atoms with E-state index in [2.05, 4.69) is 10.0 Å². The van der Waals surface area contributed by atoms with E-state index in [1.807, 2.05) is 29.8 Å². The quantitative estimate of drug-likeness (QED) is 0.813. The largest absolute Gasteiger partial charge is 0.309 e. The normalized spacial score (nSPS) is 17.0. The lowest BCUT2D eigenvalue weighted by Gasteiger charge is -2.11. The van der Waals surface area contributed by atoms with Crippen LogP contribution in [0, 0.1) is 0 Å². The second-order valence-corrected chi connectivity index (χ2v) is 9.16. The summed E-state index contributed by atoms with van der Waals surface area (Å²) in [5.41, 5.74) is 0.996. The maximum atomic E-state index is 12.4. The molecule has 0 aromatic carbocycles. The minimum Gasteiger partial charge on any atom is -0.309 e. The molecule has 0 aliphatic heterocycles. The molecule has 2 aromatic rings. The fraction of sp³-hybridized carbons (Fsp3) is 0.429. The third-order valence-corrected chi connectivity index (χ3v) is 7.24. The lowest BCUT2D eigenvalue weighted by molar-refractivity contribution is 0.569. The first-order chi connectivity index (χ1) is 10.0. The van der Waals surface area contributed by atoms with Crippen molar-refractivity contribution in [2.75, 3.05) is 0 Å². The van der Waals surface area contributed by atoms with Gasteiger partial charge in [-0.1, -0.05) is 0 Å². The average molecular weight is 343 g/mol. The van der Waals surface area contributed by atoms with E-state index in [0.29, 0.717) is 10.3 Å². The number of thiophene rings is 2. The highest BCUT2D eigenvalue weighted by Crippen LogP contribution is 2.26. The monoisotopic (exact) mass is 342 g/mol. The van der Waals surface area contributed by atoms with Gasteiger partial charge in [0.25, 0.3) is 10.0 Å². The zero-order valence-corrected chi connectivity index (χ0v) is 14.2. The van der Waals surface area contributed by atoms with Crippen LogP contribution in [0.25, 0.3) is 0 Å². The topological polar surface area (TPSA) is 58.2 Å². The third kappa shape index (κ3) is 3.92. The molecule has 0 bridgehead atoms. The van der Waals surface area contributed by atoms with Crippen LogP contribution in [0.1, 0.15) is 36.2 Å². The van der Waals surface area contributed by atoms with Crippen LogP contribution >= 0.6 is 22.7 Å². The summed E-state index contributed by atoms with van der Waals surface area (Å²) in [7, 11) is -3.44. The summed E-state index contributed by atoms with van der Waals surface area (Å²) in [6.45, 7) is 2.62. The van der Waals surface area contributed by atoms with Crippen LogP contribution in [0.15, 0.2) is 33.2 Å². The molecule has 1 aliphatic carbocycles. The van der Waals surface area contributed by atoms with Gasteiger partial charge in [0.15, 0.2) is 0 Å². The molecule has 2 aromatic heterocycles. The van der Waals surface area contributed by atoms with Gasteiger partial charge in [0.2, 0.25) is 0 Å². The minimum atomic E-state index is -3.44. The van der Waals surface area contributed by atoms with E-state index in [4.69, 9.17) is 0 Å². The molecule has 114 valence electrons. The van der Waals surface area contributed by atoms with Gasteiger partial charge in [-0.2, -0.15) is 11.3 Å². The van der Waals surface area contributed by atoms with Crippen molar-refractivity contribution >= 4 is 32.7 Å². The number of rotatable bonds is 7. The highest BCUT2D eigenvalue weighted by atomic mass is 32.2. The number of nitrogens with one attached hydrogen (secondary N) is 2. The SMILES string of the molecule is CC(NS(=O)(=O)c1ccc(CNC2CC2)s1)c1ccsc1. The van der Waals surface area contributed by atoms with Crippen molar-refractivity contribution in [1.29, 1.82) is 0 Å². The van der Waals surface area contributed by atoms with E-state index in [0.717, 1.165) is 17.0 Å². The Bertz CT molecular complexity index is 688. The molecule has 21 heavy (non-hydrogen) atoms. The first-order valence-electron chi connectivity index (χ1n) is 6.91. The summed E-state index contributed by atoms with van der Waals surface area (Å²) in [6.07, 6.45) is 2.46. The molecule has 0 spiro atoms. The van der Waals surface area contributed by atoms with Gasteiger partial charge in [-0.15, -0.1) is 11.3 Å². The van der Waals surface area contributed by atoms with Crippen molar-refractivity contribution in [2.24, 2.45) is 0 Å². The van der Waals surface area contributed by atoms with Crippen molar-refractivity contribution in [3.63, 3.8) is 0 Å². The second-order valence-electron chi connectivity index (χ2n) is 5.28. The molecule has 3 rings (SSSR count). The zero-order chi connectivity index (χ0) is 14.9. The molecular weight excluding hydrogens is 324 g/mol. The number of sulfonamides is 1. The lowest BCUT2D eigenvalue weighted by atomic mass is 10.2. The van der Waals surface area contributed by atoms with E-state index in [-0.39, 0.29) is 6.04 Å². The predicted octanol–water partition coefficient (Wildman–Crippen LogP) is 3.10. The Balaban J connectivity index is 1.66. The summed E-state index contributed by atoms with van der Waals surface area (Å²) in [5.74, 6) is 0. The van der Waals surface area contributed by atoms with E-state index in [1.165, 1.54) is 24.2 Å². The fourth-order valence-corrected chi connectivity index (χ4v) is 5.32. The molecule has 4 nitrogen and oxygen atoms in total. The van der Waals surface area contributed by atoms with Crippen molar-refractivity contribution in [2.45, 2.75) is 42.6 Å². The molecule has 2 N–H and O–H groups in total. The highest BCUT2D eigenvalue weighted by molar-refractivity contribution is 7.91. The Morgan fingerprint density at radius 2 is 2.14 bits per heavy atom. The maximum absolute atomic E-state index is 12.4. The standard InChI is InChI=1S/C14H18N2O2S3/c1-10(11-6-7-19-9-11)16-21(17,18)14-5-4-13(20-14)8-15-12-2-3-12/h4-7,9-10,12,15-16H,2-3,8H2,1H3. The van der Waals surface area contributed by atoms with Crippen molar-refractivity contribution in [3.8, 4) is 0 Å². The third-order valence-electron chi connectivity index (χ3n) is 3.42. The first-order valence-corrected chi connectivity index (χ1v) is 10.2. The highest BCUT2D eigenvalue weighted by Gasteiger charge is 2.22. The van der Waals surface area contributed by atoms with Gasteiger partial charge in [-0.3, -0.25) is 0 Å². The molecule has 0 saturated heterocycles. The van der Waals surface area contributed by atoms with Crippen molar-refractivity contribution in [3.05, 3.63) is 39.4 Å². The predicted molar refractivity (Wildman–Crippen MR) is 87.2 cm³/mol. The Labute approximate surface area is 133 Å². The smallest absolute Gasteiger partial charge is 0.250 e. The Kier molecular flexibility index (Phi) is 4.46. The molecule has 1 fully saturated rings. The van der Waals surface area contributed by atoms with Gasteiger partial charge in [0.1, 0.15) is 4.21 Å². The summed E-state index contributed by atoms with van der Waals surface area (Å²) in [4.78, 5) is 1.06. The average Bonchev–Trinajstić information content (AvgIpc) is 2.96. The summed E-state index contributed by atoms with van der Waals surface area (Å²) in [6, 6.07) is 5.94. The van der Waals surface area contributed by atoms with Crippen LogP contribution in [0.2, 0.25) is 0 Å². The fourth-order valence-electron chi connectivity index (χ4n) is 2.01. The van der Waals surface area contributed by atoms with Gasteiger partial charge in [0.05, 0.1) is 0 Å². The van der Waals surface area contributed by atoms with Gasteiger partial charge in [0, 0.05) is 23.5 Å². The Morgan fingerprint density at radius 3 is 2.81 bits per heavy atom. The minimum absolute atomic E-state index is 0.212. The lowest BCUT2D eigenvalue weighted by Crippen LogP contribution is -2.25. The molecule has 0 radical (unpaired) electrons. The maximum Gasteiger partial charge on any atom is 0.250 e. The molecule has 1 aliphatic rings. The second kappa shape index (κ2) is 6.18. The zero-order valence-electron chi connectivity index (χ0n) is 11.7. The van der Waals surface area contributed by atoms with E-state index < -0.39 is 10.0 Å². The molecule has 2 heterocycles. The molecule has 7 heteroatoms. The summed E-state index contributed by atoms with van der Waals surface area (Å²) in [5, 5.41) is 7.31. The van der Waals surface area contributed by atoms with Gasteiger partial charge >= 0.3 is 0 Å². The molecule has 1 unspecified atom stereocenters. The van der Waals surface area contributed by atoms with E-state index in [1.54, 1.807) is 17.4 Å². The van der Waals surface area contributed by atoms with Crippen LogP contribution < -0.4 is 10.0 Å². The van der Waals surface area contributed by atoms with Crippen LogP contribution in [0.5, 0.6) is 0 Å². The molecule has 0 amide bonds. The summed E-state index contributed by atoms with van der Waals surface area (Å²) >= 11 is 2.91. The van der Waals surface area contributed by atoms with Crippen LogP contribution in [-0.2, 0) is 16.6 Å². The Hall–Kier alpha value is -0.730. The van der Waals surface area contributed by atoms with E-state index >= 15 is 0 Å². The Morgan fingerprint density at radius 1 is 1.33 bits per heavy atom. The van der Waals surface area contributed by atoms with Crippen molar-refractivity contribution in [1.82, 2.24) is 10.0 Å². The van der Waals surface area contributed by atoms with Crippen LogP contribution in [0.4, 0.5) is 0 Å². The first kappa shape index (κ1) is 15.2. The molecule has 1 saturated carbocycles.